The topological polar surface area (TPSA) is 70.3 Å². The van der Waals surface area contributed by atoms with Crippen LogP contribution in [0.5, 0.6) is 5.75 Å². The van der Waals surface area contributed by atoms with Crippen molar-refractivity contribution in [1.82, 2.24) is 4.98 Å². The quantitative estimate of drug-likeness (QED) is 0.549. The van der Waals surface area contributed by atoms with E-state index in [2.05, 4.69) is 15.5 Å². The van der Waals surface area contributed by atoms with Gasteiger partial charge in [-0.05, 0) is 36.4 Å². The molecule has 1 N–H and O–H groups in total. The molecule has 2 aromatic carbocycles. The summed E-state index contributed by atoms with van der Waals surface area (Å²) in [6.07, 6.45) is 0. The Balaban J connectivity index is 1.82. The molecule has 0 atom stereocenters. The van der Waals surface area contributed by atoms with E-state index in [0.29, 0.717) is 10.7 Å². The van der Waals surface area contributed by atoms with Crippen LogP contribution in [0.15, 0.2) is 59.0 Å². The van der Waals surface area contributed by atoms with Crippen LogP contribution >= 0.6 is 11.3 Å². The molecule has 3 rings (SSSR count). The van der Waals surface area contributed by atoms with Gasteiger partial charge >= 0.3 is 0 Å². The van der Waals surface area contributed by atoms with Crippen LogP contribution in [-0.2, 0) is 0 Å². The molecule has 0 amide bonds. The molecule has 124 valence electrons. The molecule has 0 saturated heterocycles. The van der Waals surface area contributed by atoms with Crippen molar-refractivity contribution in [3.63, 3.8) is 0 Å². The van der Waals surface area contributed by atoms with Crippen LogP contribution < -0.4 is 10.2 Å². The number of ether oxygens (including phenoxy) is 1. The Labute approximate surface area is 148 Å². The van der Waals surface area contributed by atoms with Crippen LogP contribution in [-0.4, -0.2) is 17.8 Å². The van der Waals surface area contributed by atoms with E-state index in [1.165, 1.54) is 35.6 Å². The smallest absolute Gasteiger partial charge is 0.196 e. The second-order valence-electron chi connectivity index (χ2n) is 4.96. The highest BCUT2D eigenvalue weighted by atomic mass is 32.1. The number of hydrogen-bond donors (Lipinski definition) is 1. The van der Waals surface area contributed by atoms with E-state index < -0.39 is 0 Å². The minimum Gasteiger partial charge on any atom is -0.497 e. The number of aromatic nitrogens is 1. The van der Waals surface area contributed by atoms with Crippen molar-refractivity contribution in [3.05, 3.63) is 64.7 Å². The molecule has 0 aliphatic heterocycles. The van der Waals surface area contributed by atoms with E-state index in [4.69, 9.17) is 4.74 Å². The predicted molar refractivity (Wildman–Crippen MR) is 96.3 cm³/mol. The number of nitrogens with zero attached hydrogens (tertiary/aromatic N) is 3. The summed E-state index contributed by atoms with van der Waals surface area (Å²) in [5.41, 5.74) is 5.11. The summed E-state index contributed by atoms with van der Waals surface area (Å²) >= 11 is 1.32. The molecule has 0 aliphatic carbocycles. The van der Waals surface area contributed by atoms with E-state index in [0.717, 1.165) is 17.0 Å². The Morgan fingerprint density at radius 3 is 2.80 bits per heavy atom. The summed E-state index contributed by atoms with van der Waals surface area (Å²) in [5, 5.41) is 15.7. The Morgan fingerprint density at radius 2 is 2.08 bits per heavy atom. The number of thiazole rings is 1. The first-order valence-corrected chi connectivity index (χ1v) is 8.17. The van der Waals surface area contributed by atoms with E-state index in [1.807, 2.05) is 35.7 Å². The Hall–Kier alpha value is -3.24. The molecule has 0 aliphatic rings. The Kier molecular flexibility index (Phi) is 5.02. The van der Waals surface area contributed by atoms with Gasteiger partial charge in [-0.3, -0.25) is 5.43 Å². The lowest BCUT2D eigenvalue weighted by atomic mass is 10.2. The van der Waals surface area contributed by atoms with Gasteiger partial charge in [-0.25, -0.2) is 9.37 Å². The molecule has 25 heavy (non-hydrogen) atoms. The van der Waals surface area contributed by atoms with Gasteiger partial charge in [0.1, 0.15) is 17.6 Å². The maximum atomic E-state index is 12.9. The summed E-state index contributed by atoms with van der Waals surface area (Å²) in [6, 6.07) is 15.3. The predicted octanol–water partition coefficient (Wildman–Crippen LogP) is 4.30. The van der Waals surface area contributed by atoms with Gasteiger partial charge in [-0.1, -0.05) is 12.1 Å². The van der Waals surface area contributed by atoms with Gasteiger partial charge < -0.3 is 4.74 Å². The Bertz CT molecular complexity index is 944. The van der Waals surface area contributed by atoms with Crippen LogP contribution in [0.1, 0.15) is 5.01 Å². The molecule has 0 fully saturated rings. The van der Waals surface area contributed by atoms with Crippen LogP contribution in [0, 0.1) is 17.1 Å². The standard InChI is InChI=1S/C18H13FN4OS/c1-24-15-4-2-3-12(9-15)17-11-25-18(21-17)16(10-20)23-22-14-7-5-13(19)6-8-14/h2-9,11,22H,1H3/b23-16+. The van der Waals surface area contributed by atoms with Gasteiger partial charge in [0.25, 0.3) is 0 Å². The summed E-state index contributed by atoms with van der Waals surface area (Å²) in [5.74, 6) is 0.400. The molecular formula is C18H13FN4OS. The molecule has 0 saturated carbocycles. The monoisotopic (exact) mass is 352 g/mol. The number of halogens is 1. The summed E-state index contributed by atoms with van der Waals surface area (Å²) < 4.78 is 18.1. The van der Waals surface area contributed by atoms with Gasteiger partial charge in [0.05, 0.1) is 18.5 Å². The van der Waals surface area contributed by atoms with E-state index in [-0.39, 0.29) is 11.5 Å². The summed E-state index contributed by atoms with van der Waals surface area (Å²) in [7, 11) is 1.60. The SMILES string of the molecule is COc1cccc(-c2csc(/C(C#N)=N/Nc3ccc(F)cc3)n2)c1. The van der Waals surface area contributed by atoms with Crippen molar-refractivity contribution < 1.29 is 9.13 Å². The molecule has 0 bridgehead atoms. The van der Waals surface area contributed by atoms with Crippen molar-refractivity contribution in [1.29, 1.82) is 5.26 Å². The zero-order chi connectivity index (χ0) is 17.6. The first-order valence-electron chi connectivity index (χ1n) is 7.29. The molecule has 7 heteroatoms. The number of rotatable bonds is 5. The second-order valence-corrected chi connectivity index (χ2v) is 5.82. The number of nitriles is 1. The van der Waals surface area contributed by atoms with Gasteiger partial charge in [0.15, 0.2) is 10.7 Å². The first-order chi connectivity index (χ1) is 12.2. The third-order valence-electron chi connectivity index (χ3n) is 3.32. The second kappa shape index (κ2) is 7.55. The lowest BCUT2D eigenvalue weighted by molar-refractivity contribution is 0.415. The van der Waals surface area contributed by atoms with Crippen LogP contribution in [0.4, 0.5) is 10.1 Å². The maximum Gasteiger partial charge on any atom is 0.196 e. The molecule has 0 spiro atoms. The average molecular weight is 352 g/mol. The zero-order valence-electron chi connectivity index (χ0n) is 13.2. The summed E-state index contributed by atoms with van der Waals surface area (Å²) in [6.45, 7) is 0. The van der Waals surface area contributed by atoms with Crippen molar-refractivity contribution in [2.75, 3.05) is 12.5 Å². The third-order valence-corrected chi connectivity index (χ3v) is 4.17. The molecule has 0 radical (unpaired) electrons. The number of anilines is 1. The highest BCUT2D eigenvalue weighted by Gasteiger charge is 2.11. The molecule has 5 nitrogen and oxygen atoms in total. The largest absolute Gasteiger partial charge is 0.497 e. The minimum absolute atomic E-state index is 0.156. The molecule has 1 aromatic heterocycles. The van der Waals surface area contributed by atoms with Crippen molar-refractivity contribution in [2.45, 2.75) is 0 Å². The minimum atomic E-state index is -0.335. The van der Waals surface area contributed by atoms with Gasteiger partial charge in [0, 0.05) is 10.9 Å². The fourth-order valence-corrected chi connectivity index (χ4v) is 2.83. The van der Waals surface area contributed by atoms with E-state index in [9.17, 15) is 9.65 Å². The molecule has 3 aromatic rings. The van der Waals surface area contributed by atoms with E-state index >= 15 is 0 Å². The van der Waals surface area contributed by atoms with Crippen LogP contribution in [0.2, 0.25) is 0 Å². The maximum absolute atomic E-state index is 12.9. The van der Waals surface area contributed by atoms with Gasteiger partial charge in [-0.2, -0.15) is 10.4 Å². The molecule has 1 heterocycles. The van der Waals surface area contributed by atoms with Crippen molar-refractivity contribution in [2.24, 2.45) is 5.10 Å². The van der Waals surface area contributed by atoms with Gasteiger partial charge in [-0.15, -0.1) is 11.3 Å². The van der Waals surface area contributed by atoms with Gasteiger partial charge in [0.2, 0.25) is 0 Å². The van der Waals surface area contributed by atoms with Crippen molar-refractivity contribution >= 4 is 22.7 Å². The van der Waals surface area contributed by atoms with E-state index in [1.54, 1.807) is 7.11 Å². The number of methoxy groups -OCH3 is 1. The van der Waals surface area contributed by atoms with Crippen LogP contribution in [0.3, 0.4) is 0 Å². The number of hydrogen-bond acceptors (Lipinski definition) is 6. The highest BCUT2D eigenvalue weighted by molar-refractivity contribution is 7.12. The lowest BCUT2D eigenvalue weighted by Gasteiger charge is -2.01. The number of benzene rings is 2. The number of nitrogens with one attached hydrogen (secondary N) is 1. The molecular weight excluding hydrogens is 339 g/mol. The molecule has 0 unspecified atom stereocenters. The third kappa shape index (κ3) is 4.00. The lowest BCUT2D eigenvalue weighted by Crippen LogP contribution is -2.01. The zero-order valence-corrected chi connectivity index (χ0v) is 14.0. The van der Waals surface area contributed by atoms with Crippen LogP contribution in [0.25, 0.3) is 11.3 Å². The fraction of sp³-hybridized carbons (Fsp3) is 0.0556. The normalized spacial score (nSPS) is 11.0. The summed E-state index contributed by atoms with van der Waals surface area (Å²) in [4.78, 5) is 4.46. The number of hydrazone groups is 1. The Morgan fingerprint density at radius 1 is 1.28 bits per heavy atom. The first kappa shape index (κ1) is 16.6. The van der Waals surface area contributed by atoms with Crippen molar-refractivity contribution in [3.8, 4) is 23.1 Å². The highest BCUT2D eigenvalue weighted by Crippen LogP contribution is 2.25. The fourth-order valence-electron chi connectivity index (χ4n) is 2.06. The average Bonchev–Trinajstić information content (AvgIpc) is 3.14.